The second-order valence-electron chi connectivity index (χ2n) is 8.43. The van der Waals surface area contributed by atoms with E-state index in [-0.39, 0.29) is 11.5 Å². The van der Waals surface area contributed by atoms with Gasteiger partial charge in [0.25, 0.3) is 0 Å². The molecule has 1 aliphatic heterocycles. The molecule has 0 atom stereocenters. The maximum absolute atomic E-state index is 9.93. The number of phenols is 2. The summed E-state index contributed by atoms with van der Waals surface area (Å²) < 4.78 is 6.94. The molecule has 0 bridgehead atoms. The molecule has 4 aromatic rings. The van der Waals surface area contributed by atoms with Gasteiger partial charge in [-0.1, -0.05) is 12.1 Å². The molecule has 0 aliphatic carbocycles. The molecule has 1 fully saturated rings. The minimum absolute atomic E-state index is 0.245. The van der Waals surface area contributed by atoms with E-state index in [0.29, 0.717) is 6.54 Å². The molecule has 5 nitrogen and oxygen atoms in total. The van der Waals surface area contributed by atoms with Crippen LogP contribution in [0.2, 0.25) is 0 Å². The highest BCUT2D eigenvalue weighted by atomic mass is 32.1. The molecule has 5 rings (SSSR count). The summed E-state index contributed by atoms with van der Waals surface area (Å²) in [5, 5.41) is 24.3. The van der Waals surface area contributed by atoms with Gasteiger partial charge >= 0.3 is 0 Å². The van der Waals surface area contributed by atoms with Crippen LogP contribution >= 0.6 is 11.3 Å². The van der Waals surface area contributed by atoms with E-state index in [1.165, 1.54) is 25.9 Å². The van der Waals surface area contributed by atoms with E-state index in [2.05, 4.69) is 22.3 Å². The monoisotopic (exact) mass is 460 g/mol. The minimum Gasteiger partial charge on any atom is -0.508 e. The Bertz CT molecular complexity index is 1210. The third-order valence-electron chi connectivity index (χ3n) is 6.07. The zero-order chi connectivity index (χ0) is 22.6. The number of phenolic OH excluding ortho intramolecular Hbond substituents is 2. The van der Waals surface area contributed by atoms with Crippen LogP contribution in [0.25, 0.3) is 20.5 Å². The Labute approximate surface area is 197 Å². The van der Waals surface area contributed by atoms with Crippen LogP contribution in [0.5, 0.6) is 17.2 Å². The lowest BCUT2D eigenvalue weighted by Gasteiger charge is -2.15. The number of hydrogen-bond acceptors (Lipinski definition) is 6. The summed E-state index contributed by atoms with van der Waals surface area (Å²) in [6, 6.07) is 20.9. The third-order valence-corrected chi connectivity index (χ3v) is 7.27. The largest absolute Gasteiger partial charge is 0.508 e. The summed E-state index contributed by atoms with van der Waals surface area (Å²) in [4.78, 5) is 3.53. The molecule has 0 saturated carbocycles. The van der Waals surface area contributed by atoms with E-state index in [1.54, 1.807) is 35.6 Å². The molecule has 6 heteroatoms. The van der Waals surface area contributed by atoms with Crippen LogP contribution in [0.3, 0.4) is 0 Å². The maximum Gasteiger partial charge on any atom is 0.119 e. The summed E-state index contributed by atoms with van der Waals surface area (Å²) in [5.41, 5.74) is 3.22. The quantitative estimate of drug-likeness (QED) is 0.298. The van der Waals surface area contributed by atoms with Gasteiger partial charge < -0.3 is 20.3 Å². The first-order valence-corrected chi connectivity index (χ1v) is 12.2. The van der Waals surface area contributed by atoms with Crippen molar-refractivity contribution in [3.8, 4) is 27.7 Å². The Morgan fingerprint density at radius 1 is 0.879 bits per heavy atom. The van der Waals surface area contributed by atoms with Gasteiger partial charge in [0.15, 0.2) is 0 Å². The van der Waals surface area contributed by atoms with Crippen LogP contribution in [0, 0.1) is 0 Å². The molecule has 0 radical (unpaired) electrons. The number of aromatic hydroxyl groups is 2. The summed E-state index contributed by atoms with van der Waals surface area (Å²) in [5.74, 6) is 1.40. The molecule has 0 amide bonds. The number of benzene rings is 3. The summed E-state index contributed by atoms with van der Waals surface area (Å²) in [6.45, 7) is 4.77. The Kier molecular flexibility index (Phi) is 6.37. The molecule has 0 spiro atoms. The highest BCUT2D eigenvalue weighted by molar-refractivity contribution is 7.23. The number of fused-ring (bicyclic) bond motifs is 1. The van der Waals surface area contributed by atoms with Crippen LogP contribution in [0.1, 0.15) is 18.4 Å². The van der Waals surface area contributed by atoms with Gasteiger partial charge in [-0.25, -0.2) is 0 Å². The smallest absolute Gasteiger partial charge is 0.119 e. The van der Waals surface area contributed by atoms with Crippen molar-refractivity contribution in [2.24, 2.45) is 0 Å². The van der Waals surface area contributed by atoms with Crippen LogP contribution in [-0.4, -0.2) is 41.4 Å². The van der Waals surface area contributed by atoms with Crippen LogP contribution in [-0.2, 0) is 6.54 Å². The summed E-state index contributed by atoms with van der Waals surface area (Å²) in [7, 11) is 0. The van der Waals surface area contributed by atoms with E-state index in [4.69, 9.17) is 4.74 Å². The number of rotatable bonds is 8. The highest BCUT2D eigenvalue weighted by Gasteiger charge is 2.15. The van der Waals surface area contributed by atoms with Crippen molar-refractivity contribution in [3.05, 3.63) is 72.3 Å². The van der Waals surface area contributed by atoms with E-state index in [9.17, 15) is 10.2 Å². The normalized spacial score (nSPS) is 14.1. The maximum atomic E-state index is 9.93. The molecular weight excluding hydrogens is 432 g/mol. The molecule has 2 heterocycles. The van der Waals surface area contributed by atoms with Crippen LogP contribution in [0.4, 0.5) is 5.69 Å². The fourth-order valence-corrected chi connectivity index (χ4v) is 5.49. The number of nitrogens with one attached hydrogen (secondary N) is 1. The standard InChI is InChI=1S/C27H28N2O3S/c30-21-7-5-20(6-8-21)27-26(24-12-9-22(31)17-25(24)33-27)28-18-19-3-10-23(11-4-19)32-16-15-29-13-1-2-14-29/h3-12,17,28,30-31H,1-2,13-16,18H2. The first-order valence-electron chi connectivity index (χ1n) is 11.4. The summed E-state index contributed by atoms with van der Waals surface area (Å²) >= 11 is 1.63. The Hall–Kier alpha value is -3.22. The number of hydrogen-bond donors (Lipinski definition) is 3. The fraction of sp³-hybridized carbons (Fsp3) is 0.259. The first-order chi connectivity index (χ1) is 16.2. The predicted molar refractivity (Wildman–Crippen MR) is 136 cm³/mol. The number of nitrogens with zero attached hydrogens (tertiary/aromatic N) is 1. The Morgan fingerprint density at radius 3 is 2.36 bits per heavy atom. The Balaban J connectivity index is 1.29. The summed E-state index contributed by atoms with van der Waals surface area (Å²) in [6.07, 6.45) is 2.60. The van der Waals surface area contributed by atoms with E-state index in [0.717, 1.165) is 50.7 Å². The van der Waals surface area contributed by atoms with Crippen molar-refractivity contribution in [1.82, 2.24) is 4.90 Å². The van der Waals surface area contributed by atoms with E-state index >= 15 is 0 Å². The lowest BCUT2D eigenvalue weighted by atomic mass is 10.1. The zero-order valence-electron chi connectivity index (χ0n) is 18.5. The average Bonchev–Trinajstić information content (AvgIpc) is 3.47. The lowest BCUT2D eigenvalue weighted by Crippen LogP contribution is -2.25. The van der Waals surface area contributed by atoms with Gasteiger partial charge in [0, 0.05) is 23.2 Å². The molecule has 0 unspecified atom stereocenters. The third kappa shape index (κ3) is 5.07. The average molecular weight is 461 g/mol. The van der Waals surface area contributed by atoms with Crippen LogP contribution < -0.4 is 10.1 Å². The van der Waals surface area contributed by atoms with Gasteiger partial charge in [0.05, 0.1) is 10.6 Å². The fourth-order valence-electron chi connectivity index (χ4n) is 4.27. The topological polar surface area (TPSA) is 65.0 Å². The van der Waals surface area contributed by atoms with Gasteiger partial charge in [-0.15, -0.1) is 11.3 Å². The van der Waals surface area contributed by atoms with Gasteiger partial charge in [-0.2, -0.15) is 0 Å². The van der Waals surface area contributed by atoms with Crippen molar-refractivity contribution in [1.29, 1.82) is 0 Å². The predicted octanol–water partition coefficient (Wildman–Crippen LogP) is 6.07. The Morgan fingerprint density at radius 2 is 1.61 bits per heavy atom. The molecule has 1 aliphatic rings. The van der Waals surface area contributed by atoms with Crippen molar-refractivity contribution in [3.63, 3.8) is 0 Å². The minimum atomic E-state index is 0.245. The molecule has 3 aromatic carbocycles. The van der Waals surface area contributed by atoms with E-state index in [1.807, 2.05) is 30.3 Å². The zero-order valence-corrected chi connectivity index (χ0v) is 19.3. The van der Waals surface area contributed by atoms with Gasteiger partial charge in [0.2, 0.25) is 0 Å². The molecule has 33 heavy (non-hydrogen) atoms. The lowest BCUT2D eigenvalue weighted by molar-refractivity contribution is 0.238. The first kappa shape index (κ1) is 21.6. The molecule has 170 valence electrons. The van der Waals surface area contributed by atoms with Gasteiger partial charge in [-0.3, -0.25) is 4.90 Å². The van der Waals surface area contributed by atoms with Crippen LogP contribution in [0.15, 0.2) is 66.7 Å². The SMILES string of the molecule is Oc1ccc(-c2sc3cc(O)ccc3c2NCc2ccc(OCCN3CCCC3)cc2)cc1. The highest BCUT2D eigenvalue weighted by Crippen LogP contribution is 2.44. The number of thiophene rings is 1. The van der Waals surface area contributed by atoms with E-state index < -0.39 is 0 Å². The van der Waals surface area contributed by atoms with Gasteiger partial charge in [0.1, 0.15) is 23.9 Å². The second kappa shape index (κ2) is 9.73. The molecule has 1 aromatic heterocycles. The van der Waals surface area contributed by atoms with Gasteiger partial charge in [-0.05, 0) is 91.7 Å². The molecular formula is C27H28N2O3S. The number of likely N-dealkylation sites (tertiary alicyclic amines) is 1. The van der Waals surface area contributed by atoms with Crippen molar-refractivity contribution in [2.45, 2.75) is 19.4 Å². The second-order valence-corrected chi connectivity index (χ2v) is 9.48. The van der Waals surface area contributed by atoms with Crippen molar-refractivity contribution >= 4 is 27.1 Å². The molecule has 3 N–H and O–H groups in total. The number of anilines is 1. The van der Waals surface area contributed by atoms with Crippen molar-refractivity contribution < 1.29 is 14.9 Å². The number of ether oxygens (including phenoxy) is 1. The van der Waals surface area contributed by atoms with Crippen molar-refractivity contribution in [2.75, 3.05) is 31.6 Å². The molecule has 1 saturated heterocycles.